The Hall–Kier alpha value is -2.47. The van der Waals surface area contributed by atoms with Crippen LogP contribution in [-0.2, 0) is 4.79 Å². The molecule has 1 N–H and O–H groups in total. The third kappa shape index (κ3) is 4.81. The number of hydrogen-bond acceptors (Lipinski definition) is 5. The van der Waals surface area contributed by atoms with Gasteiger partial charge in [0.2, 0.25) is 5.91 Å². The Balaban J connectivity index is 1.32. The number of carbonyl (C=O) groups is 1. The Kier molecular flexibility index (Phi) is 6.62. The minimum absolute atomic E-state index is 0.0720. The minimum Gasteiger partial charge on any atom is -0.341 e. The summed E-state index contributed by atoms with van der Waals surface area (Å²) >= 11 is 0. The maximum atomic E-state index is 13.1. The fourth-order valence-electron chi connectivity index (χ4n) is 4.73. The molecular weight excluding hydrogens is 374 g/mol. The van der Waals surface area contributed by atoms with Crippen LogP contribution in [0, 0.1) is 6.92 Å². The number of piperidine rings is 1. The topological polar surface area (TPSA) is 61.4 Å². The van der Waals surface area contributed by atoms with Crippen molar-refractivity contribution in [2.45, 2.75) is 57.9 Å². The highest BCUT2D eigenvalue weighted by atomic mass is 16.2. The number of nitrogens with one attached hydrogen (secondary N) is 1. The van der Waals surface area contributed by atoms with Crippen LogP contribution in [0.15, 0.2) is 36.5 Å². The molecule has 0 aliphatic carbocycles. The summed E-state index contributed by atoms with van der Waals surface area (Å²) in [6.45, 7) is 7.94. The molecule has 2 saturated heterocycles. The number of carbonyl (C=O) groups excluding carboxylic acids is 1. The zero-order chi connectivity index (χ0) is 20.9. The number of hydrogen-bond donors (Lipinski definition) is 1. The van der Waals surface area contributed by atoms with Crippen molar-refractivity contribution in [2.75, 3.05) is 31.5 Å². The zero-order valence-electron chi connectivity index (χ0n) is 18.2. The van der Waals surface area contributed by atoms with Gasteiger partial charge in [0, 0.05) is 30.4 Å². The number of nitrogens with zero attached hydrogens (tertiary/aromatic N) is 4. The lowest BCUT2D eigenvalue weighted by molar-refractivity contribution is -0.137. The first-order chi connectivity index (χ1) is 14.6. The van der Waals surface area contributed by atoms with Gasteiger partial charge in [-0.25, -0.2) is 4.98 Å². The molecule has 0 aromatic carbocycles. The molecule has 2 aromatic heterocycles. The van der Waals surface area contributed by atoms with E-state index in [0.717, 1.165) is 68.3 Å². The van der Waals surface area contributed by atoms with E-state index in [1.54, 1.807) is 0 Å². The van der Waals surface area contributed by atoms with E-state index in [9.17, 15) is 4.79 Å². The van der Waals surface area contributed by atoms with Gasteiger partial charge < -0.3 is 10.2 Å². The van der Waals surface area contributed by atoms with Crippen LogP contribution in [0.3, 0.4) is 0 Å². The molecule has 2 aliphatic heterocycles. The van der Waals surface area contributed by atoms with Crippen LogP contribution in [0.4, 0.5) is 11.5 Å². The van der Waals surface area contributed by atoms with Crippen molar-refractivity contribution >= 4 is 17.4 Å². The summed E-state index contributed by atoms with van der Waals surface area (Å²) in [6.07, 6.45) is 7.22. The maximum Gasteiger partial charge on any atom is 0.239 e. The van der Waals surface area contributed by atoms with Crippen molar-refractivity contribution in [3.63, 3.8) is 0 Å². The molecule has 160 valence electrons. The van der Waals surface area contributed by atoms with Gasteiger partial charge in [0.25, 0.3) is 0 Å². The van der Waals surface area contributed by atoms with E-state index in [0.29, 0.717) is 11.8 Å². The normalized spacial score (nSPS) is 19.1. The maximum absolute atomic E-state index is 13.1. The van der Waals surface area contributed by atoms with Crippen molar-refractivity contribution in [2.24, 2.45) is 0 Å². The van der Waals surface area contributed by atoms with Crippen molar-refractivity contribution in [3.8, 4) is 0 Å². The third-order valence-electron chi connectivity index (χ3n) is 6.43. The highest BCUT2D eigenvalue weighted by Crippen LogP contribution is 2.29. The fraction of sp³-hybridized carbons (Fsp3) is 0.542. The predicted molar refractivity (Wildman–Crippen MR) is 120 cm³/mol. The van der Waals surface area contributed by atoms with Crippen molar-refractivity contribution in [3.05, 3.63) is 47.9 Å². The summed E-state index contributed by atoms with van der Waals surface area (Å²) in [5, 5.41) is 3.31. The molecule has 6 nitrogen and oxygen atoms in total. The van der Waals surface area contributed by atoms with E-state index < -0.39 is 0 Å². The predicted octanol–water partition coefficient (Wildman–Crippen LogP) is 4.11. The molecule has 1 atom stereocenters. The monoisotopic (exact) mass is 407 g/mol. The van der Waals surface area contributed by atoms with E-state index in [4.69, 9.17) is 4.98 Å². The first-order valence-electron chi connectivity index (χ1n) is 11.3. The molecule has 4 rings (SSSR count). The van der Waals surface area contributed by atoms with Crippen LogP contribution in [0.2, 0.25) is 0 Å². The van der Waals surface area contributed by atoms with Gasteiger partial charge in [-0.2, -0.15) is 0 Å². The van der Waals surface area contributed by atoms with Crippen LogP contribution in [-0.4, -0.2) is 57.9 Å². The van der Waals surface area contributed by atoms with E-state index in [1.807, 2.05) is 31.3 Å². The lowest BCUT2D eigenvalue weighted by Gasteiger charge is -2.36. The van der Waals surface area contributed by atoms with E-state index in [1.165, 1.54) is 12.8 Å². The van der Waals surface area contributed by atoms with E-state index >= 15 is 0 Å². The van der Waals surface area contributed by atoms with Gasteiger partial charge in [-0.3, -0.25) is 14.7 Å². The molecule has 6 heteroatoms. The van der Waals surface area contributed by atoms with Crippen LogP contribution >= 0.6 is 0 Å². The van der Waals surface area contributed by atoms with Crippen LogP contribution in [0.1, 0.15) is 56.3 Å². The summed E-state index contributed by atoms with van der Waals surface area (Å²) in [6, 6.07) is 10.2. The van der Waals surface area contributed by atoms with Crippen molar-refractivity contribution in [1.82, 2.24) is 19.8 Å². The number of rotatable bonds is 6. The van der Waals surface area contributed by atoms with Crippen LogP contribution in [0.5, 0.6) is 0 Å². The highest BCUT2D eigenvalue weighted by molar-refractivity contribution is 5.82. The Labute approximate surface area is 179 Å². The second kappa shape index (κ2) is 9.56. The Morgan fingerprint density at radius 3 is 2.53 bits per heavy atom. The molecular formula is C24H33N5O. The molecule has 30 heavy (non-hydrogen) atoms. The second-order valence-corrected chi connectivity index (χ2v) is 8.53. The van der Waals surface area contributed by atoms with Gasteiger partial charge in [0.05, 0.1) is 17.9 Å². The number of amides is 1. The van der Waals surface area contributed by atoms with Gasteiger partial charge in [-0.1, -0.05) is 13.0 Å². The highest BCUT2D eigenvalue weighted by Gasteiger charge is 2.32. The molecule has 2 fully saturated rings. The Morgan fingerprint density at radius 2 is 1.90 bits per heavy atom. The van der Waals surface area contributed by atoms with Crippen molar-refractivity contribution in [1.29, 1.82) is 0 Å². The largest absolute Gasteiger partial charge is 0.341 e. The zero-order valence-corrected chi connectivity index (χ0v) is 18.2. The molecule has 4 heterocycles. The summed E-state index contributed by atoms with van der Waals surface area (Å²) in [5.41, 5.74) is 3.05. The Bertz CT molecular complexity index is 839. The number of aryl methyl sites for hydroxylation is 1. The third-order valence-corrected chi connectivity index (χ3v) is 6.43. The average Bonchev–Trinajstić information content (AvgIpc) is 3.29. The molecule has 0 spiro atoms. The Morgan fingerprint density at radius 1 is 1.13 bits per heavy atom. The van der Waals surface area contributed by atoms with E-state index in [-0.39, 0.29) is 6.04 Å². The lowest BCUT2D eigenvalue weighted by Crippen LogP contribution is -2.49. The first kappa shape index (κ1) is 20.8. The second-order valence-electron chi connectivity index (χ2n) is 8.53. The number of likely N-dealkylation sites (tertiary alicyclic amines) is 2. The average molecular weight is 408 g/mol. The first-order valence-corrected chi connectivity index (χ1v) is 11.3. The summed E-state index contributed by atoms with van der Waals surface area (Å²) in [4.78, 5) is 26.7. The number of anilines is 2. The van der Waals surface area contributed by atoms with Gasteiger partial charge in [-0.05, 0) is 76.4 Å². The van der Waals surface area contributed by atoms with Gasteiger partial charge in [0.1, 0.15) is 5.82 Å². The summed E-state index contributed by atoms with van der Waals surface area (Å²) in [5.74, 6) is 1.59. The number of pyridine rings is 2. The fourth-order valence-corrected chi connectivity index (χ4v) is 4.73. The summed E-state index contributed by atoms with van der Waals surface area (Å²) in [7, 11) is 0. The molecule has 2 aromatic rings. The van der Waals surface area contributed by atoms with Crippen LogP contribution < -0.4 is 5.32 Å². The SMILES string of the molecule is CC[C@H](C(=O)N1CCC(c2ccc(Nc3cccc(C)n3)cn2)CC1)N1CCCC1. The quantitative estimate of drug-likeness (QED) is 0.781. The molecule has 1 amide bonds. The van der Waals surface area contributed by atoms with Gasteiger partial charge in [-0.15, -0.1) is 0 Å². The standard InChI is InChI=1S/C24H33N5O/c1-3-22(28-13-4-5-14-28)24(30)29-15-11-19(12-16-29)21-10-9-20(17-25-21)27-23-8-6-7-18(2)26-23/h6-10,17,19,22H,3-5,11-16H2,1-2H3,(H,26,27)/t22-/m1/s1. The molecule has 0 unspecified atom stereocenters. The molecule has 0 radical (unpaired) electrons. The summed E-state index contributed by atoms with van der Waals surface area (Å²) < 4.78 is 0. The minimum atomic E-state index is 0.0720. The lowest BCUT2D eigenvalue weighted by atomic mass is 9.92. The molecule has 0 saturated carbocycles. The van der Waals surface area contributed by atoms with Gasteiger partial charge in [0.15, 0.2) is 0 Å². The smallest absolute Gasteiger partial charge is 0.239 e. The van der Waals surface area contributed by atoms with Crippen LogP contribution in [0.25, 0.3) is 0 Å². The number of aromatic nitrogens is 2. The van der Waals surface area contributed by atoms with Gasteiger partial charge >= 0.3 is 0 Å². The van der Waals surface area contributed by atoms with Crippen molar-refractivity contribution < 1.29 is 4.79 Å². The van der Waals surface area contributed by atoms with E-state index in [2.05, 4.69) is 39.2 Å². The molecule has 2 aliphatic rings. The molecule has 0 bridgehead atoms.